The Hall–Kier alpha value is -1.52. The van der Waals surface area contributed by atoms with E-state index >= 15 is 0 Å². The zero-order valence-electron chi connectivity index (χ0n) is 10.0. The van der Waals surface area contributed by atoms with Crippen molar-refractivity contribution in [3.05, 3.63) is 33.3 Å². The summed E-state index contributed by atoms with van der Waals surface area (Å²) in [4.78, 5) is 19.1. The lowest BCUT2D eigenvalue weighted by Crippen LogP contribution is -2.16. The van der Waals surface area contributed by atoms with Crippen LogP contribution >= 0.6 is 27.3 Å². The first-order chi connectivity index (χ1) is 9.44. The number of hydrogen-bond acceptors (Lipinski definition) is 7. The number of hydrogen-bond donors (Lipinski definition) is 1. The fraction of sp³-hybridized carbons (Fsp3) is 0.100. The van der Waals surface area contributed by atoms with Crippen molar-refractivity contribution < 1.29 is 17.9 Å². The molecule has 0 radical (unpaired) electrons. The van der Waals surface area contributed by atoms with Crippen LogP contribution in [0.15, 0.2) is 33.3 Å². The second-order valence-electron chi connectivity index (χ2n) is 3.44. The van der Waals surface area contributed by atoms with Gasteiger partial charge in [0.2, 0.25) is 0 Å². The Morgan fingerprint density at radius 3 is 2.75 bits per heavy atom. The van der Waals surface area contributed by atoms with Crippen molar-refractivity contribution in [3.8, 4) is 0 Å². The van der Waals surface area contributed by atoms with Crippen molar-refractivity contribution in [2.24, 2.45) is 0 Å². The van der Waals surface area contributed by atoms with Gasteiger partial charge in [-0.3, -0.25) is 4.72 Å². The molecule has 7 nitrogen and oxygen atoms in total. The van der Waals surface area contributed by atoms with Crippen molar-refractivity contribution in [3.63, 3.8) is 0 Å². The fourth-order valence-electron chi connectivity index (χ4n) is 1.31. The van der Waals surface area contributed by atoms with Crippen LogP contribution in [-0.2, 0) is 14.8 Å². The molecule has 2 aromatic heterocycles. The third-order valence-corrected chi connectivity index (χ3v) is 4.98. The number of ether oxygens (including phenoxy) is 1. The Kier molecular flexibility index (Phi) is 4.35. The number of thiophene rings is 1. The number of nitrogens with one attached hydrogen (secondary N) is 1. The highest BCUT2D eigenvalue weighted by Gasteiger charge is 2.25. The number of carbonyl (C=O) groups is 1. The topological polar surface area (TPSA) is 98.2 Å². The van der Waals surface area contributed by atoms with E-state index in [0.717, 1.165) is 11.3 Å². The number of rotatable bonds is 4. The molecule has 2 aromatic rings. The third kappa shape index (κ3) is 3.14. The van der Waals surface area contributed by atoms with Crippen LogP contribution in [0.2, 0.25) is 0 Å². The monoisotopic (exact) mass is 377 g/mol. The average molecular weight is 378 g/mol. The highest BCUT2D eigenvalue weighted by molar-refractivity contribution is 9.10. The van der Waals surface area contributed by atoms with Gasteiger partial charge in [-0.1, -0.05) is 0 Å². The molecule has 10 heteroatoms. The maximum Gasteiger partial charge on any atom is 0.349 e. The van der Waals surface area contributed by atoms with Gasteiger partial charge in [-0.25, -0.2) is 23.2 Å². The van der Waals surface area contributed by atoms with Crippen LogP contribution in [0.25, 0.3) is 0 Å². The molecule has 2 heterocycles. The van der Waals surface area contributed by atoms with E-state index in [1.807, 2.05) is 0 Å². The summed E-state index contributed by atoms with van der Waals surface area (Å²) in [6.45, 7) is 0. The zero-order valence-corrected chi connectivity index (χ0v) is 13.3. The lowest BCUT2D eigenvalue weighted by atomic mass is 10.5. The molecule has 0 amide bonds. The second kappa shape index (κ2) is 5.85. The SMILES string of the molecule is COC(=O)c1sccc1S(=O)(=O)Nc1cnc(Br)cn1. The molecule has 2 rings (SSSR count). The minimum Gasteiger partial charge on any atom is -0.465 e. The normalized spacial score (nSPS) is 11.1. The summed E-state index contributed by atoms with van der Waals surface area (Å²) in [5, 5.41) is 1.49. The predicted octanol–water partition coefficient (Wildman–Crippen LogP) is 1.89. The zero-order chi connectivity index (χ0) is 14.8. The van der Waals surface area contributed by atoms with E-state index in [2.05, 4.69) is 35.4 Å². The highest BCUT2D eigenvalue weighted by atomic mass is 79.9. The summed E-state index contributed by atoms with van der Waals surface area (Å²) >= 11 is 4.08. The molecule has 0 saturated heterocycles. The van der Waals surface area contributed by atoms with Gasteiger partial charge in [-0.15, -0.1) is 11.3 Å². The van der Waals surface area contributed by atoms with Crippen LogP contribution in [0, 0.1) is 0 Å². The Labute approximate surface area is 127 Å². The van der Waals surface area contributed by atoms with Gasteiger partial charge in [0.25, 0.3) is 10.0 Å². The third-order valence-electron chi connectivity index (χ3n) is 2.15. The summed E-state index contributed by atoms with van der Waals surface area (Å²) in [5.74, 6) is -0.655. The maximum atomic E-state index is 12.2. The van der Waals surface area contributed by atoms with Gasteiger partial charge in [-0.2, -0.15) is 0 Å². The summed E-state index contributed by atoms with van der Waals surface area (Å²) in [6.07, 6.45) is 2.61. The number of nitrogens with zero attached hydrogens (tertiary/aromatic N) is 2. The molecular weight excluding hydrogens is 370 g/mol. The molecule has 0 aliphatic carbocycles. The minimum absolute atomic E-state index is 0.00470. The fourth-order valence-corrected chi connectivity index (χ4v) is 3.84. The van der Waals surface area contributed by atoms with Crippen LogP contribution in [0.4, 0.5) is 5.82 Å². The summed E-state index contributed by atoms with van der Waals surface area (Å²) in [7, 11) is -2.74. The van der Waals surface area contributed by atoms with E-state index in [1.165, 1.54) is 30.9 Å². The van der Waals surface area contributed by atoms with Gasteiger partial charge in [0.15, 0.2) is 5.82 Å². The molecule has 0 aliphatic rings. The molecule has 0 aliphatic heterocycles. The number of sulfonamides is 1. The van der Waals surface area contributed by atoms with E-state index in [0.29, 0.717) is 4.60 Å². The number of methoxy groups -OCH3 is 1. The number of halogens is 1. The van der Waals surface area contributed by atoms with Crippen molar-refractivity contribution in [1.29, 1.82) is 0 Å². The maximum absolute atomic E-state index is 12.2. The van der Waals surface area contributed by atoms with E-state index in [9.17, 15) is 13.2 Å². The quantitative estimate of drug-likeness (QED) is 0.816. The smallest absolute Gasteiger partial charge is 0.349 e. The van der Waals surface area contributed by atoms with E-state index in [-0.39, 0.29) is 15.6 Å². The molecule has 0 spiro atoms. The average Bonchev–Trinajstić information content (AvgIpc) is 2.90. The minimum atomic E-state index is -3.93. The lowest BCUT2D eigenvalue weighted by Gasteiger charge is -2.07. The Balaban J connectivity index is 2.34. The van der Waals surface area contributed by atoms with Crippen LogP contribution in [0.1, 0.15) is 9.67 Å². The molecule has 0 atom stereocenters. The molecule has 0 unspecified atom stereocenters. The highest BCUT2D eigenvalue weighted by Crippen LogP contribution is 2.24. The molecule has 20 heavy (non-hydrogen) atoms. The van der Waals surface area contributed by atoms with Crippen LogP contribution in [0.5, 0.6) is 0 Å². The summed E-state index contributed by atoms with van der Waals surface area (Å²) < 4.78 is 31.7. The second-order valence-corrected chi connectivity index (χ2v) is 6.81. The predicted molar refractivity (Wildman–Crippen MR) is 76.2 cm³/mol. The van der Waals surface area contributed by atoms with Crippen LogP contribution < -0.4 is 4.72 Å². The van der Waals surface area contributed by atoms with Gasteiger partial charge in [0.05, 0.1) is 19.5 Å². The van der Waals surface area contributed by atoms with Gasteiger partial charge < -0.3 is 4.74 Å². The van der Waals surface area contributed by atoms with E-state index in [1.54, 1.807) is 0 Å². The Morgan fingerprint density at radius 2 is 2.15 bits per heavy atom. The van der Waals surface area contributed by atoms with Crippen LogP contribution in [-0.4, -0.2) is 31.5 Å². The van der Waals surface area contributed by atoms with Gasteiger partial charge in [-0.05, 0) is 27.4 Å². The molecule has 0 fully saturated rings. The molecular formula is C10H8BrN3O4S2. The number of aromatic nitrogens is 2. The Bertz CT molecular complexity index is 727. The van der Waals surface area contributed by atoms with Gasteiger partial charge >= 0.3 is 5.97 Å². The number of anilines is 1. The molecule has 0 aromatic carbocycles. The van der Waals surface area contributed by atoms with E-state index < -0.39 is 16.0 Å². The largest absolute Gasteiger partial charge is 0.465 e. The standard InChI is InChI=1S/C10H8BrN3O4S2/c1-18-10(15)9-6(2-3-19-9)20(16,17)14-8-5-12-7(11)4-13-8/h2-5H,1H3,(H,13,14). The van der Waals surface area contributed by atoms with Gasteiger partial charge in [0.1, 0.15) is 14.4 Å². The van der Waals surface area contributed by atoms with Crippen LogP contribution in [0.3, 0.4) is 0 Å². The first kappa shape index (κ1) is 14.9. The van der Waals surface area contributed by atoms with Crippen molar-refractivity contribution >= 4 is 49.1 Å². The van der Waals surface area contributed by atoms with Gasteiger partial charge in [0, 0.05) is 0 Å². The number of esters is 1. The van der Waals surface area contributed by atoms with E-state index in [4.69, 9.17) is 0 Å². The van der Waals surface area contributed by atoms with Crippen molar-refractivity contribution in [2.45, 2.75) is 4.90 Å². The Morgan fingerprint density at radius 1 is 1.40 bits per heavy atom. The molecule has 0 saturated carbocycles. The lowest BCUT2D eigenvalue weighted by molar-refractivity contribution is 0.0602. The summed E-state index contributed by atoms with van der Waals surface area (Å²) in [6, 6.07) is 1.32. The molecule has 106 valence electrons. The molecule has 1 N–H and O–H groups in total. The first-order valence-corrected chi connectivity index (χ1v) is 8.26. The number of carbonyl (C=O) groups excluding carboxylic acids is 1. The molecule has 0 bridgehead atoms. The van der Waals surface area contributed by atoms with Crippen molar-refractivity contribution in [2.75, 3.05) is 11.8 Å². The van der Waals surface area contributed by atoms with Crippen molar-refractivity contribution in [1.82, 2.24) is 9.97 Å². The first-order valence-electron chi connectivity index (χ1n) is 5.10. The summed E-state index contributed by atoms with van der Waals surface area (Å²) in [5.41, 5.74) is 0.